The predicted molar refractivity (Wildman–Crippen MR) is 149 cm³/mol. The largest absolute Gasteiger partial charge is 0.465 e. The van der Waals surface area contributed by atoms with E-state index < -0.39 is 27.7 Å². The Morgan fingerprint density at radius 1 is 1.00 bits per heavy atom. The summed E-state index contributed by atoms with van der Waals surface area (Å²) in [7, 11) is -3.11. The molecule has 1 N–H and O–H groups in total. The Bertz CT molecular complexity index is 1690. The number of fused-ring (bicyclic) bond motifs is 1. The molecule has 3 aromatic carbocycles. The molecule has 4 rings (SSSR count). The van der Waals surface area contributed by atoms with E-state index in [0.717, 1.165) is 27.7 Å². The predicted octanol–water partition coefficient (Wildman–Crippen LogP) is 4.85. The molecule has 0 aliphatic carbocycles. The van der Waals surface area contributed by atoms with Gasteiger partial charge in [0.15, 0.2) is 0 Å². The molecule has 1 heterocycles. The molecule has 1 amide bonds. The number of alkyl carbamates (subject to hydrolysis) is 1. The summed E-state index contributed by atoms with van der Waals surface area (Å²) in [5.41, 5.74) is 0.203. The number of sulfonamides is 1. The second-order valence-electron chi connectivity index (χ2n) is 9.66. The number of aromatic nitrogens is 1. The zero-order valence-corrected chi connectivity index (χ0v) is 23.6. The maximum Gasteiger partial charge on any atom is 0.407 e. The third kappa shape index (κ3) is 6.92. The van der Waals surface area contributed by atoms with Crippen LogP contribution in [-0.4, -0.2) is 37.8 Å². The summed E-state index contributed by atoms with van der Waals surface area (Å²) in [5, 5.41) is 4.78. The van der Waals surface area contributed by atoms with Crippen LogP contribution in [0.3, 0.4) is 0 Å². The first-order valence-electron chi connectivity index (χ1n) is 12.1. The van der Waals surface area contributed by atoms with Gasteiger partial charge in [0, 0.05) is 11.1 Å². The standard InChI is InChI=1S/C28H29N3O6S2/c1-28(2,3)37-27(33)29-16-21-18-31(17-20-12-9-11-19-10-5-6-13-22(19)20)26(38-21)30-39(34,35)24-15-8-7-14-23(24)25(32)36-4/h5-15,18H,16-17H2,1-4H3,(H,29,33). The van der Waals surface area contributed by atoms with Crippen LogP contribution in [0.5, 0.6) is 0 Å². The highest BCUT2D eigenvalue weighted by molar-refractivity contribution is 7.90. The highest BCUT2D eigenvalue weighted by atomic mass is 32.2. The van der Waals surface area contributed by atoms with E-state index in [1.807, 2.05) is 42.5 Å². The van der Waals surface area contributed by atoms with Crippen LogP contribution >= 0.6 is 11.3 Å². The SMILES string of the molecule is COC(=O)c1ccccc1S(=O)(=O)N=c1sc(CNC(=O)OC(C)(C)C)cn1Cc1cccc2ccccc12. The second-order valence-corrected chi connectivity index (χ2v) is 12.3. The molecular formula is C28H29N3O6S2. The molecule has 0 radical (unpaired) electrons. The first-order valence-corrected chi connectivity index (χ1v) is 14.3. The fourth-order valence-corrected chi connectivity index (χ4v) is 6.23. The van der Waals surface area contributed by atoms with Crippen molar-refractivity contribution in [2.75, 3.05) is 7.11 Å². The van der Waals surface area contributed by atoms with Gasteiger partial charge >= 0.3 is 12.1 Å². The Labute approximate surface area is 230 Å². The number of nitrogens with zero attached hydrogens (tertiary/aromatic N) is 2. The number of methoxy groups -OCH3 is 1. The van der Waals surface area contributed by atoms with Crippen molar-refractivity contribution in [2.45, 2.75) is 44.4 Å². The van der Waals surface area contributed by atoms with Gasteiger partial charge in [-0.25, -0.2) is 9.59 Å². The van der Waals surface area contributed by atoms with Gasteiger partial charge in [-0.15, -0.1) is 4.40 Å². The lowest BCUT2D eigenvalue weighted by molar-refractivity contribution is 0.0522. The van der Waals surface area contributed by atoms with Crippen molar-refractivity contribution in [1.82, 2.24) is 9.88 Å². The molecule has 0 bridgehead atoms. The number of ether oxygens (including phenoxy) is 2. The quantitative estimate of drug-likeness (QED) is 0.319. The number of rotatable bonds is 7. The fourth-order valence-electron chi connectivity index (χ4n) is 3.91. The van der Waals surface area contributed by atoms with Crippen LogP contribution in [-0.2, 0) is 32.6 Å². The maximum absolute atomic E-state index is 13.4. The van der Waals surface area contributed by atoms with Crippen LogP contribution in [0.15, 0.2) is 82.2 Å². The van der Waals surface area contributed by atoms with Crippen molar-refractivity contribution in [2.24, 2.45) is 4.40 Å². The molecule has 0 atom stereocenters. The maximum atomic E-state index is 13.4. The van der Waals surface area contributed by atoms with E-state index in [-0.39, 0.29) is 21.8 Å². The van der Waals surface area contributed by atoms with Crippen LogP contribution in [0.25, 0.3) is 10.8 Å². The highest BCUT2D eigenvalue weighted by Gasteiger charge is 2.23. The van der Waals surface area contributed by atoms with E-state index in [0.29, 0.717) is 11.4 Å². The minimum Gasteiger partial charge on any atom is -0.465 e. The van der Waals surface area contributed by atoms with Crippen molar-refractivity contribution >= 4 is 44.2 Å². The monoisotopic (exact) mass is 567 g/mol. The van der Waals surface area contributed by atoms with Crippen molar-refractivity contribution in [3.05, 3.63) is 93.7 Å². The van der Waals surface area contributed by atoms with Gasteiger partial charge in [-0.1, -0.05) is 65.9 Å². The van der Waals surface area contributed by atoms with E-state index >= 15 is 0 Å². The van der Waals surface area contributed by atoms with Crippen LogP contribution in [0.1, 0.15) is 41.6 Å². The average molecular weight is 568 g/mol. The average Bonchev–Trinajstić information content (AvgIpc) is 3.26. The van der Waals surface area contributed by atoms with E-state index in [4.69, 9.17) is 9.47 Å². The summed E-state index contributed by atoms with van der Waals surface area (Å²) < 4.78 is 42.8. The first kappa shape index (κ1) is 28.1. The first-order chi connectivity index (χ1) is 18.5. The number of amides is 1. The molecule has 204 valence electrons. The summed E-state index contributed by atoms with van der Waals surface area (Å²) in [6.07, 6.45) is 1.17. The number of carbonyl (C=O) groups excluding carboxylic acids is 2. The van der Waals surface area contributed by atoms with E-state index in [2.05, 4.69) is 9.71 Å². The Morgan fingerprint density at radius 2 is 1.69 bits per heavy atom. The molecule has 0 saturated heterocycles. The molecule has 39 heavy (non-hydrogen) atoms. The second kappa shape index (κ2) is 11.4. The third-order valence-electron chi connectivity index (χ3n) is 5.56. The zero-order valence-electron chi connectivity index (χ0n) is 22.0. The fraction of sp³-hybridized carbons (Fsp3) is 0.250. The number of hydrogen-bond acceptors (Lipinski definition) is 7. The number of benzene rings is 3. The Morgan fingerprint density at radius 3 is 2.44 bits per heavy atom. The van der Waals surface area contributed by atoms with Crippen LogP contribution in [0, 0.1) is 0 Å². The topological polar surface area (TPSA) is 116 Å². The Kier molecular flexibility index (Phi) is 8.22. The molecule has 4 aromatic rings. The van der Waals surface area contributed by atoms with Gasteiger partial charge in [-0.05, 0) is 49.2 Å². The molecule has 0 fully saturated rings. The summed E-state index contributed by atoms with van der Waals surface area (Å²) in [5.74, 6) is -0.776. The Hall–Kier alpha value is -3.96. The molecule has 0 aliphatic heterocycles. The molecule has 0 spiro atoms. The van der Waals surface area contributed by atoms with Crippen LogP contribution < -0.4 is 10.1 Å². The molecule has 0 saturated carbocycles. The summed E-state index contributed by atoms with van der Waals surface area (Å²) in [6.45, 7) is 5.75. The number of carbonyl (C=O) groups is 2. The summed E-state index contributed by atoms with van der Waals surface area (Å²) in [6, 6.07) is 19.6. The van der Waals surface area contributed by atoms with Gasteiger partial charge in [0.1, 0.15) is 10.5 Å². The van der Waals surface area contributed by atoms with Crippen molar-refractivity contribution in [1.29, 1.82) is 0 Å². The van der Waals surface area contributed by atoms with Crippen molar-refractivity contribution < 1.29 is 27.5 Å². The lowest BCUT2D eigenvalue weighted by Crippen LogP contribution is -2.31. The molecule has 0 aliphatic rings. The zero-order chi connectivity index (χ0) is 28.2. The lowest BCUT2D eigenvalue weighted by Gasteiger charge is -2.19. The normalized spacial score (nSPS) is 12.4. The van der Waals surface area contributed by atoms with Crippen LogP contribution in [0.2, 0.25) is 0 Å². The number of thiazole rings is 1. The molecular weight excluding hydrogens is 538 g/mol. The van der Waals surface area contributed by atoms with Gasteiger partial charge in [-0.2, -0.15) is 8.42 Å². The number of esters is 1. The summed E-state index contributed by atoms with van der Waals surface area (Å²) >= 11 is 1.12. The number of hydrogen-bond donors (Lipinski definition) is 1. The van der Waals surface area contributed by atoms with Gasteiger partial charge in [-0.3, -0.25) is 0 Å². The van der Waals surface area contributed by atoms with Gasteiger partial charge in [0.05, 0.1) is 25.8 Å². The van der Waals surface area contributed by atoms with E-state index in [1.165, 1.54) is 25.3 Å². The lowest BCUT2D eigenvalue weighted by atomic mass is 10.0. The molecule has 11 heteroatoms. The van der Waals surface area contributed by atoms with Crippen molar-refractivity contribution in [3.63, 3.8) is 0 Å². The van der Waals surface area contributed by atoms with E-state index in [1.54, 1.807) is 37.6 Å². The minimum absolute atomic E-state index is 0.104. The van der Waals surface area contributed by atoms with E-state index in [9.17, 15) is 18.0 Å². The smallest absolute Gasteiger partial charge is 0.407 e. The Balaban J connectivity index is 1.77. The van der Waals surface area contributed by atoms with Crippen LogP contribution in [0.4, 0.5) is 4.79 Å². The number of nitrogens with one attached hydrogen (secondary N) is 1. The third-order valence-corrected chi connectivity index (χ3v) is 8.02. The minimum atomic E-state index is -4.30. The highest BCUT2D eigenvalue weighted by Crippen LogP contribution is 2.21. The molecule has 9 nitrogen and oxygen atoms in total. The summed E-state index contributed by atoms with van der Waals surface area (Å²) in [4.78, 5) is 25.0. The van der Waals surface area contributed by atoms with Gasteiger partial charge in [0.25, 0.3) is 10.0 Å². The van der Waals surface area contributed by atoms with Gasteiger partial charge in [0.2, 0.25) is 4.80 Å². The molecule has 1 aromatic heterocycles. The van der Waals surface area contributed by atoms with Crippen molar-refractivity contribution in [3.8, 4) is 0 Å². The molecule has 0 unspecified atom stereocenters. The van der Waals surface area contributed by atoms with Gasteiger partial charge < -0.3 is 19.4 Å².